The van der Waals surface area contributed by atoms with Crippen LogP contribution in [0.3, 0.4) is 0 Å². The summed E-state index contributed by atoms with van der Waals surface area (Å²) in [6.45, 7) is 1.50. The number of rotatable bonds is 1. The number of sulfone groups is 1. The zero-order valence-corrected chi connectivity index (χ0v) is 9.72. The Morgan fingerprint density at radius 1 is 1.53 bits per heavy atom. The second kappa shape index (κ2) is 3.47. The highest BCUT2D eigenvalue weighted by atomic mass is 35.5. The van der Waals surface area contributed by atoms with E-state index in [1.165, 1.54) is 13.0 Å². The van der Waals surface area contributed by atoms with E-state index in [1.807, 2.05) is 0 Å². The van der Waals surface area contributed by atoms with Crippen molar-refractivity contribution in [1.82, 2.24) is 0 Å². The topological polar surface area (TPSA) is 54.4 Å². The predicted octanol–water partition coefficient (Wildman–Crippen LogP) is 1.42. The van der Waals surface area contributed by atoms with Crippen molar-refractivity contribution in [3.8, 4) is 0 Å². The first-order valence-corrected chi connectivity index (χ1v) is 6.56. The zero-order chi connectivity index (χ0) is 11.2. The molecule has 0 amide bonds. The molecule has 1 heterocycles. The molecule has 0 saturated carbocycles. The summed E-state index contributed by atoms with van der Waals surface area (Å²) < 4.78 is 23.9. The van der Waals surface area contributed by atoms with Gasteiger partial charge >= 0.3 is 0 Å². The van der Waals surface area contributed by atoms with Crippen LogP contribution in [-0.2, 0) is 16.3 Å². The largest absolute Gasteiger partial charge is 0.392 e. The highest BCUT2D eigenvalue weighted by molar-refractivity contribution is 7.92. The highest BCUT2D eigenvalue weighted by Crippen LogP contribution is 2.34. The summed E-state index contributed by atoms with van der Waals surface area (Å²) in [5.41, 5.74) is 0.702. The molecule has 1 N–H and O–H groups in total. The van der Waals surface area contributed by atoms with Crippen molar-refractivity contribution in [3.63, 3.8) is 0 Å². The van der Waals surface area contributed by atoms with E-state index in [0.717, 1.165) is 0 Å². The van der Waals surface area contributed by atoms with Gasteiger partial charge in [0.25, 0.3) is 0 Å². The highest BCUT2D eigenvalue weighted by Gasteiger charge is 2.39. The molecule has 3 nitrogen and oxygen atoms in total. The van der Waals surface area contributed by atoms with E-state index in [2.05, 4.69) is 0 Å². The number of fused-ring (bicyclic) bond motifs is 1. The van der Waals surface area contributed by atoms with Gasteiger partial charge < -0.3 is 5.11 Å². The number of hydrogen-bond donors (Lipinski definition) is 1. The van der Waals surface area contributed by atoms with Crippen LogP contribution in [0.1, 0.15) is 12.5 Å². The number of aliphatic hydroxyl groups excluding tert-OH is 1. The van der Waals surface area contributed by atoms with E-state index in [9.17, 15) is 13.5 Å². The summed E-state index contributed by atoms with van der Waals surface area (Å²) in [6, 6.07) is 4.72. The number of aliphatic hydroxyl groups is 1. The van der Waals surface area contributed by atoms with Gasteiger partial charge in [0.15, 0.2) is 9.84 Å². The third kappa shape index (κ3) is 1.67. The van der Waals surface area contributed by atoms with Crippen molar-refractivity contribution in [2.45, 2.75) is 29.6 Å². The van der Waals surface area contributed by atoms with E-state index in [4.69, 9.17) is 11.6 Å². The van der Waals surface area contributed by atoms with Crippen molar-refractivity contribution in [2.24, 2.45) is 0 Å². The lowest BCUT2D eigenvalue weighted by atomic mass is 10.1. The van der Waals surface area contributed by atoms with Gasteiger partial charge in [-0.3, -0.25) is 0 Å². The summed E-state index contributed by atoms with van der Waals surface area (Å²) >= 11 is 5.79. The molecule has 0 radical (unpaired) electrons. The van der Waals surface area contributed by atoms with Crippen LogP contribution >= 0.6 is 11.6 Å². The molecule has 1 aromatic carbocycles. The third-order valence-corrected chi connectivity index (χ3v) is 5.29. The third-order valence-electron chi connectivity index (χ3n) is 2.69. The first kappa shape index (κ1) is 10.9. The van der Waals surface area contributed by atoms with Crippen molar-refractivity contribution in [2.75, 3.05) is 0 Å². The molecule has 1 aliphatic rings. The van der Waals surface area contributed by atoms with Gasteiger partial charge in [-0.15, -0.1) is 0 Å². The first-order valence-electron chi connectivity index (χ1n) is 4.63. The molecule has 1 aromatic rings. The van der Waals surface area contributed by atoms with Gasteiger partial charge in [0.2, 0.25) is 0 Å². The van der Waals surface area contributed by atoms with Crippen molar-refractivity contribution >= 4 is 21.4 Å². The summed E-state index contributed by atoms with van der Waals surface area (Å²) in [6.07, 6.45) is -0.517. The summed E-state index contributed by atoms with van der Waals surface area (Å²) in [7, 11) is -3.37. The van der Waals surface area contributed by atoms with Crippen LogP contribution < -0.4 is 0 Å². The molecule has 0 aliphatic carbocycles. The first-order chi connectivity index (χ1) is 6.93. The minimum absolute atomic E-state index is 0.304. The Balaban J connectivity index is 2.57. The van der Waals surface area contributed by atoms with Gasteiger partial charge in [0.05, 0.1) is 16.2 Å². The SMILES string of the molecule is CC(O)C1Cc2cc(Cl)ccc2S1(=O)=O. The molecule has 0 spiro atoms. The van der Waals surface area contributed by atoms with E-state index < -0.39 is 21.2 Å². The minimum atomic E-state index is -3.37. The normalized spacial score (nSPS) is 24.9. The van der Waals surface area contributed by atoms with Crippen LogP contribution in [0.25, 0.3) is 0 Å². The fraction of sp³-hybridized carbons (Fsp3) is 0.400. The molecule has 1 aliphatic heterocycles. The molecule has 82 valence electrons. The summed E-state index contributed by atoms with van der Waals surface area (Å²) in [4.78, 5) is 0.304. The monoisotopic (exact) mass is 246 g/mol. The van der Waals surface area contributed by atoms with Crippen LogP contribution in [0, 0.1) is 0 Å². The Morgan fingerprint density at radius 3 is 2.80 bits per heavy atom. The average Bonchev–Trinajstić information content (AvgIpc) is 2.37. The van der Waals surface area contributed by atoms with Crippen molar-refractivity contribution in [1.29, 1.82) is 0 Å². The number of benzene rings is 1. The van der Waals surface area contributed by atoms with E-state index in [1.54, 1.807) is 12.1 Å². The van der Waals surface area contributed by atoms with E-state index >= 15 is 0 Å². The number of hydrogen-bond acceptors (Lipinski definition) is 3. The van der Waals surface area contributed by atoms with Gasteiger partial charge in [-0.05, 0) is 37.1 Å². The Morgan fingerprint density at radius 2 is 2.20 bits per heavy atom. The molecular formula is C10H11ClO3S. The number of halogens is 1. The molecule has 0 bridgehead atoms. The molecule has 2 atom stereocenters. The molecule has 0 saturated heterocycles. The molecular weight excluding hydrogens is 236 g/mol. The second-order valence-corrected chi connectivity index (χ2v) is 6.35. The molecule has 15 heavy (non-hydrogen) atoms. The Labute approximate surface area is 93.6 Å². The minimum Gasteiger partial charge on any atom is -0.392 e. The maximum Gasteiger partial charge on any atom is 0.184 e. The lowest BCUT2D eigenvalue weighted by molar-refractivity contribution is 0.189. The maximum absolute atomic E-state index is 11.9. The van der Waals surface area contributed by atoms with Crippen LogP contribution in [0.2, 0.25) is 5.02 Å². The van der Waals surface area contributed by atoms with Crippen molar-refractivity contribution in [3.05, 3.63) is 28.8 Å². The van der Waals surface area contributed by atoms with Gasteiger partial charge in [0, 0.05) is 5.02 Å². The zero-order valence-electron chi connectivity index (χ0n) is 8.14. The Bertz CT molecular complexity index is 493. The molecule has 2 unspecified atom stereocenters. The maximum atomic E-state index is 11.9. The average molecular weight is 247 g/mol. The van der Waals surface area contributed by atoms with E-state index in [-0.39, 0.29) is 0 Å². The quantitative estimate of drug-likeness (QED) is 0.816. The summed E-state index contributed by atoms with van der Waals surface area (Å²) in [5.74, 6) is 0. The smallest absolute Gasteiger partial charge is 0.184 e. The Kier molecular flexibility index (Phi) is 2.53. The second-order valence-electron chi connectivity index (χ2n) is 3.78. The molecule has 0 fully saturated rings. The fourth-order valence-electron chi connectivity index (χ4n) is 1.90. The standard InChI is InChI=1S/C10H11ClO3S/c1-6(12)10-5-7-4-8(11)2-3-9(7)15(10,13)14/h2-4,6,10,12H,5H2,1H3. The molecule has 2 rings (SSSR count). The lowest BCUT2D eigenvalue weighted by Crippen LogP contribution is -2.29. The van der Waals surface area contributed by atoms with Crippen LogP contribution in [0.15, 0.2) is 23.1 Å². The van der Waals surface area contributed by atoms with Crippen LogP contribution in [-0.4, -0.2) is 24.9 Å². The molecule has 0 aromatic heterocycles. The summed E-state index contributed by atoms with van der Waals surface area (Å²) in [5, 5.41) is 9.21. The molecule has 5 heteroatoms. The van der Waals surface area contributed by atoms with Gasteiger partial charge in [-0.1, -0.05) is 11.6 Å². The Hall–Kier alpha value is -0.580. The fourth-order valence-corrected chi connectivity index (χ4v) is 4.11. The van der Waals surface area contributed by atoms with Gasteiger partial charge in [0.1, 0.15) is 0 Å². The van der Waals surface area contributed by atoms with Gasteiger partial charge in [-0.25, -0.2) is 8.42 Å². The van der Waals surface area contributed by atoms with E-state index in [0.29, 0.717) is 21.9 Å². The van der Waals surface area contributed by atoms with Crippen molar-refractivity contribution < 1.29 is 13.5 Å². The van der Waals surface area contributed by atoms with Crippen LogP contribution in [0.4, 0.5) is 0 Å². The lowest BCUT2D eigenvalue weighted by Gasteiger charge is -2.11. The van der Waals surface area contributed by atoms with Gasteiger partial charge in [-0.2, -0.15) is 0 Å². The van der Waals surface area contributed by atoms with Crippen LogP contribution in [0.5, 0.6) is 0 Å². The predicted molar refractivity (Wildman–Crippen MR) is 57.8 cm³/mol.